The smallest absolute Gasteiger partial charge is 0.225 e. The molecule has 1 amide bonds. The van der Waals surface area contributed by atoms with Gasteiger partial charge in [-0.15, -0.1) is 0 Å². The van der Waals surface area contributed by atoms with E-state index in [1.165, 1.54) is 12.8 Å². The predicted molar refractivity (Wildman–Crippen MR) is 89.2 cm³/mol. The highest BCUT2D eigenvalue weighted by Crippen LogP contribution is 2.32. The molecule has 3 rings (SSSR count). The molecule has 0 aromatic heterocycles. The summed E-state index contributed by atoms with van der Waals surface area (Å²) >= 11 is 0. The van der Waals surface area contributed by atoms with Crippen LogP contribution < -0.4 is 0 Å². The van der Waals surface area contributed by atoms with Crippen molar-refractivity contribution in [2.75, 3.05) is 45.9 Å². The fourth-order valence-corrected chi connectivity index (χ4v) is 4.37. The maximum Gasteiger partial charge on any atom is 0.225 e. The van der Waals surface area contributed by atoms with Crippen LogP contribution in [-0.2, 0) is 9.53 Å². The van der Waals surface area contributed by atoms with Crippen LogP contribution in [0.2, 0.25) is 0 Å². The Morgan fingerprint density at radius 1 is 1.09 bits per heavy atom. The number of rotatable bonds is 4. The lowest BCUT2D eigenvalue weighted by Crippen LogP contribution is -2.48. The summed E-state index contributed by atoms with van der Waals surface area (Å²) in [5.41, 5.74) is -0.730. The molecular formula is C18H32N2O3. The minimum Gasteiger partial charge on any atom is -0.389 e. The third kappa shape index (κ3) is 4.91. The number of piperidine rings is 1. The van der Waals surface area contributed by atoms with Gasteiger partial charge in [-0.25, -0.2) is 0 Å². The quantitative estimate of drug-likeness (QED) is 0.854. The van der Waals surface area contributed by atoms with E-state index in [0.29, 0.717) is 12.3 Å². The van der Waals surface area contributed by atoms with Crippen LogP contribution >= 0.6 is 0 Å². The molecule has 1 N–H and O–H groups in total. The van der Waals surface area contributed by atoms with Crippen molar-refractivity contribution >= 4 is 5.91 Å². The van der Waals surface area contributed by atoms with Crippen LogP contribution in [0, 0.1) is 5.92 Å². The van der Waals surface area contributed by atoms with Crippen molar-refractivity contribution in [3.05, 3.63) is 0 Å². The SMILES string of the molecule is O=C(CC1(O)CCCCC1)N1CCCC(CN2CCOCC2)C1. The Kier molecular flexibility index (Phi) is 5.94. The predicted octanol–water partition coefficient (Wildman–Crippen LogP) is 1.64. The Morgan fingerprint density at radius 3 is 2.57 bits per heavy atom. The number of aliphatic hydroxyl groups is 1. The van der Waals surface area contributed by atoms with Gasteiger partial charge in [-0.1, -0.05) is 19.3 Å². The second-order valence-electron chi connectivity index (χ2n) is 7.72. The summed E-state index contributed by atoms with van der Waals surface area (Å²) in [5, 5.41) is 10.6. The van der Waals surface area contributed by atoms with Crippen LogP contribution in [0.1, 0.15) is 51.4 Å². The van der Waals surface area contributed by atoms with E-state index >= 15 is 0 Å². The summed E-state index contributed by atoms with van der Waals surface area (Å²) in [7, 11) is 0. The zero-order chi connectivity index (χ0) is 16.1. The molecule has 2 heterocycles. The molecule has 0 spiro atoms. The standard InChI is InChI=1S/C18H32N2O3/c21-17(13-18(22)6-2-1-3-7-18)20-8-4-5-16(15-20)14-19-9-11-23-12-10-19/h16,22H,1-15H2. The van der Waals surface area contributed by atoms with E-state index in [-0.39, 0.29) is 5.91 Å². The molecular weight excluding hydrogens is 292 g/mol. The lowest BCUT2D eigenvalue weighted by atomic mass is 9.82. The first kappa shape index (κ1) is 17.2. The Morgan fingerprint density at radius 2 is 1.83 bits per heavy atom. The van der Waals surface area contributed by atoms with E-state index in [0.717, 1.165) is 78.0 Å². The van der Waals surface area contributed by atoms with Crippen molar-refractivity contribution in [1.29, 1.82) is 0 Å². The van der Waals surface area contributed by atoms with Gasteiger partial charge in [0.15, 0.2) is 0 Å². The minimum atomic E-state index is -0.730. The van der Waals surface area contributed by atoms with Crippen LogP contribution in [0.5, 0.6) is 0 Å². The van der Waals surface area contributed by atoms with E-state index in [1.807, 2.05) is 4.90 Å². The molecule has 0 bridgehead atoms. The highest BCUT2D eigenvalue weighted by molar-refractivity contribution is 5.77. The fourth-order valence-electron chi connectivity index (χ4n) is 4.37. The van der Waals surface area contributed by atoms with Crippen molar-refractivity contribution in [2.45, 2.75) is 57.0 Å². The molecule has 2 saturated heterocycles. The zero-order valence-electron chi connectivity index (χ0n) is 14.3. The van der Waals surface area contributed by atoms with Gasteiger partial charge in [-0.05, 0) is 31.6 Å². The summed E-state index contributed by atoms with van der Waals surface area (Å²) in [5.74, 6) is 0.743. The number of amides is 1. The van der Waals surface area contributed by atoms with Crippen LogP contribution in [0.3, 0.4) is 0 Å². The number of carbonyl (C=O) groups excluding carboxylic acids is 1. The molecule has 0 aromatic rings. The van der Waals surface area contributed by atoms with Gasteiger partial charge in [0.2, 0.25) is 5.91 Å². The van der Waals surface area contributed by atoms with Gasteiger partial charge < -0.3 is 14.7 Å². The normalized spacial score (nSPS) is 29.4. The molecule has 132 valence electrons. The number of ether oxygens (including phenoxy) is 1. The van der Waals surface area contributed by atoms with Crippen LogP contribution in [-0.4, -0.2) is 72.4 Å². The molecule has 5 heteroatoms. The van der Waals surface area contributed by atoms with E-state index in [9.17, 15) is 9.90 Å². The monoisotopic (exact) mass is 324 g/mol. The van der Waals surface area contributed by atoms with E-state index < -0.39 is 5.60 Å². The van der Waals surface area contributed by atoms with Crippen molar-refractivity contribution < 1.29 is 14.6 Å². The summed E-state index contributed by atoms with van der Waals surface area (Å²) in [6.45, 7) is 6.53. The van der Waals surface area contributed by atoms with E-state index in [1.54, 1.807) is 0 Å². The van der Waals surface area contributed by atoms with Gasteiger partial charge in [0, 0.05) is 32.7 Å². The van der Waals surface area contributed by atoms with Gasteiger partial charge in [-0.2, -0.15) is 0 Å². The molecule has 5 nitrogen and oxygen atoms in total. The molecule has 0 aromatic carbocycles. The molecule has 3 fully saturated rings. The molecule has 1 saturated carbocycles. The van der Waals surface area contributed by atoms with Crippen LogP contribution in [0.4, 0.5) is 0 Å². The lowest BCUT2D eigenvalue weighted by molar-refractivity contribution is -0.139. The number of morpholine rings is 1. The maximum atomic E-state index is 12.6. The number of nitrogens with zero attached hydrogens (tertiary/aromatic N) is 2. The third-order valence-corrected chi connectivity index (χ3v) is 5.76. The van der Waals surface area contributed by atoms with Gasteiger partial charge >= 0.3 is 0 Å². The highest BCUT2D eigenvalue weighted by atomic mass is 16.5. The number of carbonyl (C=O) groups is 1. The number of hydrogen-bond donors (Lipinski definition) is 1. The van der Waals surface area contributed by atoms with Gasteiger partial charge in [0.25, 0.3) is 0 Å². The molecule has 0 radical (unpaired) electrons. The summed E-state index contributed by atoms with van der Waals surface area (Å²) in [6, 6.07) is 0. The van der Waals surface area contributed by atoms with Gasteiger partial charge in [-0.3, -0.25) is 9.69 Å². The molecule has 1 unspecified atom stereocenters. The second kappa shape index (κ2) is 7.95. The molecule has 3 aliphatic rings. The Balaban J connectivity index is 1.48. The number of likely N-dealkylation sites (tertiary alicyclic amines) is 1. The Labute approximate surface area is 140 Å². The first-order chi connectivity index (χ1) is 11.1. The summed E-state index contributed by atoms with van der Waals surface area (Å²) in [4.78, 5) is 17.1. The van der Waals surface area contributed by atoms with E-state index in [2.05, 4.69) is 4.90 Å². The van der Waals surface area contributed by atoms with Gasteiger partial charge in [0.05, 0.1) is 25.2 Å². The third-order valence-electron chi connectivity index (χ3n) is 5.76. The molecule has 1 aliphatic carbocycles. The average Bonchev–Trinajstić information content (AvgIpc) is 2.56. The zero-order valence-corrected chi connectivity index (χ0v) is 14.3. The topological polar surface area (TPSA) is 53.0 Å². The molecule has 23 heavy (non-hydrogen) atoms. The van der Waals surface area contributed by atoms with Crippen molar-refractivity contribution in [1.82, 2.24) is 9.80 Å². The average molecular weight is 324 g/mol. The molecule has 1 atom stereocenters. The summed E-state index contributed by atoms with van der Waals surface area (Å²) in [6.07, 6.45) is 7.55. The summed E-state index contributed by atoms with van der Waals surface area (Å²) < 4.78 is 5.41. The Hall–Kier alpha value is -0.650. The van der Waals surface area contributed by atoms with Crippen molar-refractivity contribution in [3.8, 4) is 0 Å². The van der Waals surface area contributed by atoms with Crippen molar-refractivity contribution in [3.63, 3.8) is 0 Å². The largest absolute Gasteiger partial charge is 0.389 e. The minimum absolute atomic E-state index is 0.168. The van der Waals surface area contributed by atoms with Crippen LogP contribution in [0.15, 0.2) is 0 Å². The first-order valence-corrected chi connectivity index (χ1v) is 9.45. The Bertz CT molecular complexity index is 390. The molecule has 2 aliphatic heterocycles. The van der Waals surface area contributed by atoms with Crippen LogP contribution in [0.25, 0.3) is 0 Å². The maximum absolute atomic E-state index is 12.6. The lowest BCUT2D eigenvalue weighted by Gasteiger charge is -2.39. The first-order valence-electron chi connectivity index (χ1n) is 9.45. The van der Waals surface area contributed by atoms with E-state index in [4.69, 9.17) is 4.74 Å². The fraction of sp³-hybridized carbons (Fsp3) is 0.944. The second-order valence-corrected chi connectivity index (χ2v) is 7.72. The highest BCUT2D eigenvalue weighted by Gasteiger charge is 2.34. The number of hydrogen-bond acceptors (Lipinski definition) is 4. The van der Waals surface area contributed by atoms with Gasteiger partial charge in [0.1, 0.15) is 0 Å². The van der Waals surface area contributed by atoms with Crippen molar-refractivity contribution in [2.24, 2.45) is 5.92 Å².